The van der Waals surface area contributed by atoms with Crippen molar-refractivity contribution in [1.82, 2.24) is 9.55 Å². The third-order valence-electron chi connectivity index (χ3n) is 1.38. The molecule has 0 amide bonds. The number of hydrogen-bond donors (Lipinski definition) is 0. The lowest BCUT2D eigenvalue weighted by molar-refractivity contribution is -0.391. The molecule has 6 heteroatoms. The number of rotatable bonds is 1. The number of imidazole rings is 1. The molecule has 0 fully saturated rings. The highest BCUT2D eigenvalue weighted by Gasteiger charge is 2.11. The number of aromatic nitrogens is 2. The minimum absolute atomic E-state index is 0. The molecule has 1 heterocycles. The van der Waals surface area contributed by atoms with Crippen LogP contribution in [0.4, 0.5) is 5.82 Å². The van der Waals surface area contributed by atoms with Crippen molar-refractivity contribution in [2.45, 2.75) is 6.92 Å². The van der Waals surface area contributed by atoms with E-state index in [1.165, 1.54) is 10.8 Å². The van der Waals surface area contributed by atoms with Crippen LogP contribution in [0.25, 0.3) is 0 Å². The zero-order valence-electron chi connectivity index (χ0n) is 6.14. The molecule has 11 heavy (non-hydrogen) atoms. The highest BCUT2D eigenvalue weighted by molar-refractivity contribution is 5.85. The van der Waals surface area contributed by atoms with Gasteiger partial charge in [-0.25, -0.2) is 9.55 Å². The normalized spacial score (nSPS) is 8.91. The summed E-state index contributed by atoms with van der Waals surface area (Å²) in [7, 11) is 1.61. The Morgan fingerprint density at radius 2 is 2.27 bits per heavy atom. The third kappa shape index (κ3) is 1.68. The molecule has 0 aliphatic heterocycles. The summed E-state index contributed by atoms with van der Waals surface area (Å²) < 4.78 is 1.43. The average molecular weight is 178 g/mol. The van der Waals surface area contributed by atoms with Crippen LogP contribution in [0.5, 0.6) is 0 Å². The Kier molecular flexibility index (Phi) is 3.00. The topological polar surface area (TPSA) is 61.0 Å². The van der Waals surface area contributed by atoms with Gasteiger partial charge in [0, 0.05) is 6.92 Å². The SMILES string of the molecule is Cc1ncc([N+](=O)[O-])n1C.Cl. The quantitative estimate of drug-likeness (QED) is 0.476. The number of hydrogen-bond acceptors (Lipinski definition) is 3. The minimum Gasteiger partial charge on any atom is -0.358 e. The van der Waals surface area contributed by atoms with Crippen molar-refractivity contribution in [3.05, 3.63) is 22.1 Å². The van der Waals surface area contributed by atoms with Crippen molar-refractivity contribution in [3.63, 3.8) is 0 Å². The largest absolute Gasteiger partial charge is 0.358 e. The molecule has 0 aliphatic rings. The highest BCUT2D eigenvalue weighted by Crippen LogP contribution is 2.09. The van der Waals surface area contributed by atoms with E-state index in [4.69, 9.17) is 0 Å². The summed E-state index contributed by atoms with van der Waals surface area (Å²) in [5, 5.41) is 10.2. The van der Waals surface area contributed by atoms with Gasteiger partial charge in [0.1, 0.15) is 6.20 Å². The zero-order chi connectivity index (χ0) is 7.72. The first-order valence-corrected chi connectivity index (χ1v) is 2.75. The van der Waals surface area contributed by atoms with Crippen LogP contribution in [-0.2, 0) is 7.05 Å². The number of nitro groups is 1. The molecular weight excluding hydrogens is 170 g/mol. The molecule has 0 spiro atoms. The Morgan fingerprint density at radius 1 is 1.73 bits per heavy atom. The fourth-order valence-corrected chi connectivity index (χ4v) is 0.660. The summed E-state index contributed by atoms with van der Waals surface area (Å²) in [4.78, 5) is 13.5. The maximum atomic E-state index is 10.2. The lowest BCUT2D eigenvalue weighted by Gasteiger charge is -1.92. The first-order chi connectivity index (χ1) is 4.63. The minimum atomic E-state index is -0.458. The van der Waals surface area contributed by atoms with Crippen LogP contribution < -0.4 is 0 Å². The van der Waals surface area contributed by atoms with E-state index < -0.39 is 4.92 Å². The summed E-state index contributed by atoms with van der Waals surface area (Å²) in [6, 6.07) is 0. The summed E-state index contributed by atoms with van der Waals surface area (Å²) >= 11 is 0. The smallest absolute Gasteiger partial charge is 0.342 e. The van der Waals surface area contributed by atoms with Gasteiger partial charge in [-0.3, -0.25) is 0 Å². The van der Waals surface area contributed by atoms with Crippen LogP contribution in [0.15, 0.2) is 6.20 Å². The highest BCUT2D eigenvalue weighted by atomic mass is 35.5. The molecular formula is C5H8ClN3O2. The van der Waals surface area contributed by atoms with E-state index in [9.17, 15) is 10.1 Å². The van der Waals surface area contributed by atoms with Gasteiger partial charge < -0.3 is 10.1 Å². The molecule has 0 saturated heterocycles. The van der Waals surface area contributed by atoms with E-state index in [0.717, 1.165) is 0 Å². The lowest BCUT2D eigenvalue weighted by atomic mass is 10.7. The molecule has 0 radical (unpaired) electrons. The average Bonchev–Trinajstić information content (AvgIpc) is 2.14. The second-order valence-electron chi connectivity index (χ2n) is 1.98. The molecule has 5 nitrogen and oxygen atoms in total. The van der Waals surface area contributed by atoms with Gasteiger partial charge in [-0.1, -0.05) is 0 Å². The monoisotopic (exact) mass is 177 g/mol. The first kappa shape index (κ1) is 9.90. The molecule has 0 aromatic carbocycles. The Bertz CT molecular complexity index is 271. The molecule has 62 valence electrons. The molecule has 0 bridgehead atoms. The molecule has 1 aromatic rings. The van der Waals surface area contributed by atoms with Crippen LogP contribution >= 0.6 is 12.4 Å². The van der Waals surface area contributed by atoms with Gasteiger partial charge in [-0.05, 0) is 4.92 Å². The van der Waals surface area contributed by atoms with Gasteiger partial charge in [-0.2, -0.15) is 0 Å². The molecule has 1 aromatic heterocycles. The fraction of sp³-hybridized carbons (Fsp3) is 0.400. The van der Waals surface area contributed by atoms with Crippen LogP contribution in [0.2, 0.25) is 0 Å². The van der Waals surface area contributed by atoms with Gasteiger partial charge in [0.25, 0.3) is 0 Å². The Balaban J connectivity index is 0.000001000. The number of nitrogens with zero attached hydrogens (tertiary/aromatic N) is 3. The van der Waals surface area contributed by atoms with Crippen LogP contribution in [0.1, 0.15) is 5.82 Å². The zero-order valence-corrected chi connectivity index (χ0v) is 6.96. The van der Waals surface area contributed by atoms with Gasteiger partial charge in [0.2, 0.25) is 0 Å². The predicted octanol–water partition coefficient (Wildman–Crippen LogP) is 1.06. The summed E-state index contributed by atoms with van der Waals surface area (Å²) in [6.07, 6.45) is 1.25. The Hall–Kier alpha value is -1.10. The second-order valence-corrected chi connectivity index (χ2v) is 1.98. The maximum Gasteiger partial charge on any atom is 0.342 e. The van der Waals surface area contributed by atoms with Crippen molar-refractivity contribution in [1.29, 1.82) is 0 Å². The van der Waals surface area contributed by atoms with Crippen molar-refractivity contribution in [3.8, 4) is 0 Å². The van der Waals surface area contributed by atoms with Crippen molar-refractivity contribution in [2.75, 3.05) is 0 Å². The first-order valence-electron chi connectivity index (χ1n) is 2.75. The predicted molar refractivity (Wildman–Crippen MR) is 41.8 cm³/mol. The van der Waals surface area contributed by atoms with Crippen molar-refractivity contribution in [2.24, 2.45) is 7.05 Å². The van der Waals surface area contributed by atoms with E-state index in [1.54, 1.807) is 14.0 Å². The Labute approximate surface area is 69.6 Å². The fourth-order valence-electron chi connectivity index (χ4n) is 0.660. The van der Waals surface area contributed by atoms with Crippen molar-refractivity contribution < 1.29 is 4.92 Å². The molecule has 0 N–H and O–H groups in total. The standard InChI is InChI=1S/C5H7N3O2.ClH/c1-4-6-3-5(7(4)2)8(9)10;/h3H,1-2H3;1H. The third-order valence-corrected chi connectivity index (χ3v) is 1.38. The molecule has 0 atom stereocenters. The Morgan fingerprint density at radius 3 is 2.45 bits per heavy atom. The van der Waals surface area contributed by atoms with E-state index in [0.29, 0.717) is 5.82 Å². The van der Waals surface area contributed by atoms with E-state index in [-0.39, 0.29) is 18.2 Å². The second kappa shape index (κ2) is 3.34. The van der Waals surface area contributed by atoms with Gasteiger partial charge >= 0.3 is 5.82 Å². The molecule has 1 rings (SSSR count). The number of aryl methyl sites for hydroxylation is 1. The summed E-state index contributed by atoms with van der Waals surface area (Å²) in [5.41, 5.74) is 0. The van der Waals surface area contributed by atoms with Gasteiger partial charge in [0.05, 0.1) is 7.05 Å². The van der Waals surface area contributed by atoms with Crippen molar-refractivity contribution >= 4 is 18.2 Å². The van der Waals surface area contributed by atoms with Gasteiger partial charge in [0.15, 0.2) is 5.82 Å². The van der Waals surface area contributed by atoms with E-state index >= 15 is 0 Å². The van der Waals surface area contributed by atoms with Crippen LogP contribution in [-0.4, -0.2) is 14.5 Å². The molecule has 0 unspecified atom stereocenters. The molecule has 0 saturated carbocycles. The molecule has 0 aliphatic carbocycles. The number of halogens is 1. The van der Waals surface area contributed by atoms with E-state index in [1.807, 2.05) is 0 Å². The van der Waals surface area contributed by atoms with Crippen LogP contribution in [0, 0.1) is 17.0 Å². The lowest BCUT2D eigenvalue weighted by Crippen LogP contribution is -1.97. The van der Waals surface area contributed by atoms with E-state index in [2.05, 4.69) is 4.98 Å². The summed E-state index contributed by atoms with van der Waals surface area (Å²) in [5.74, 6) is 0.671. The van der Waals surface area contributed by atoms with Crippen LogP contribution in [0.3, 0.4) is 0 Å². The maximum absolute atomic E-state index is 10.2. The summed E-state index contributed by atoms with van der Waals surface area (Å²) in [6.45, 7) is 1.72. The van der Waals surface area contributed by atoms with Gasteiger partial charge in [-0.15, -0.1) is 12.4 Å².